The molecule has 29 heavy (non-hydrogen) atoms. The van der Waals surface area contributed by atoms with Crippen LogP contribution in [0.4, 0.5) is 0 Å². The molecule has 0 aliphatic carbocycles. The summed E-state index contributed by atoms with van der Waals surface area (Å²) in [7, 11) is 6.12. The van der Waals surface area contributed by atoms with E-state index in [0.29, 0.717) is 18.1 Å². The lowest BCUT2D eigenvalue weighted by atomic mass is 9.97. The maximum absolute atomic E-state index is 4.47. The monoisotopic (exact) mass is 413 g/mol. The van der Waals surface area contributed by atoms with Crippen LogP contribution in [0.2, 0.25) is 0 Å². The van der Waals surface area contributed by atoms with Gasteiger partial charge in [0.1, 0.15) is 0 Å². The highest BCUT2D eigenvalue weighted by molar-refractivity contribution is 7.10. The van der Waals surface area contributed by atoms with Gasteiger partial charge < -0.3 is 15.5 Å². The summed E-state index contributed by atoms with van der Waals surface area (Å²) in [5, 5.41) is 9.34. The van der Waals surface area contributed by atoms with E-state index >= 15 is 0 Å². The molecule has 2 aromatic rings. The van der Waals surface area contributed by atoms with Crippen LogP contribution in [0.15, 0.2) is 52.8 Å². The quantitative estimate of drug-likeness (QED) is 0.538. The molecular formula is C23H35N5S. The first-order valence-electron chi connectivity index (χ1n) is 10.5. The number of guanidine groups is 1. The standard InChI is InChI=1S/C23H35N5S/c1-18-15-20(12-13-28(18)17-19-9-6-5-7-10-19)26-23(24-2)25-16-21(27(3)4)22-11-8-14-29-22/h5-11,14,18,20-21H,12-13,15-17H2,1-4H3,(H2,24,25,26). The highest BCUT2D eigenvalue weighted by Gasteiger charge is 2.26. The summed E-state index contributed by atoms with van der Waals surface area (Å²) in [4.78, 5) is 10.7. The Bertz CT molecular complexity index is 744. The minimum Gasteiger partial charge on any atom is -0.354 e. The molecule has 0 amide bonds. The van der Waals surface area contributed by atoms with E-state index in [0.717, 1.165) is 38.4 Å². The van der Waals surface area contributed by atoms with Gasteiger partial charge >= 0.3 is 0 Å². The predicted octanol–water partition coefficient (Wildman–Crippen LogP) is 3.57. The Morgan fingerprint density at radius 1 is 1.24 bits per heavy atom. The van der Waals surface area contributed by atoms with Crippen molar-refractivity contribution in [2.24, 2.45) is 4.99 Å². The van der Waals surface area contributed by atoms with Gasteiger partial charge in [-0.2, -0.15) is 0 Å². The summed E-state index contributed by atoms with van der Waals surface area (Å²) in [6.07, 6.45) is 2.27. The van der Waals surface area contributed by atoms with Crippen LogP contribution in [0.3, 0.4) is 0 Å². The molecule has 2 heterocycles. The van der Waals surface area contributed by atoms with Gasteiger partial charge in [0.2, 0.25) is 0 Å². The second-order valence-corrected chi connectivity index (χ2v) is 9.10. The Morgan fingerprint density at radius 2 is 2.03 bits per heavy atom. The summed E-state index contributed by atoms with van der Waals surface area (Å²) in [5.74, 6) is 0.905. The van der Waals surface area contributed by atoms with Crippen LogP contribution >= 0.6 is 11.3 Å². The number of thiophene rings is 1. The summed E-state index contributed by atoms with van der Waals surface area (Å²) in [5.41, 5.74) is 1.39. The third-order valence-corrected chi connectivity index (χ3v) is 6.74. The Labute approximate surface area is 179 Å². The fourth-order valence-electron chi connectivity index (χ4n) is 4.00. The number of aliphatic imine (C=N–C) groups is 1. The van der Waals surface area contributed by atoms with Crippen LogP contribution in [0.5, 0.6) is 0 Å². The molecule has 2 N–H and O–H groups in total. The zero-order chi connectivity index (χ0) is 20.6. The smallest absolute Gasteiger partial charge is 0.191 e. The van der Waals surface area contributed by atoms with Crippen molar-refractivity contribution in [2.75, 3.05) is 34.2 Å². The molecule has 0 bridgehead atoms. The van der Waals surface area contributed by atoms with Gasteiger partial charge in [-0.3, -0.25) is 9.89 Å². The molecular weight excluding hydrogens is 378 g/mol. The average molecular weight is 414 g/mol. The second-order valence-electron chi connectivity index (χ2n) is 8.12. The molecule has 3 rings (SSSR count). The first kappa shape index (κ1) is 21.8. The highest BCUT2D eigenvalue weighted by Crippen LogP contribution is 2.23. The molecule has 1 aromatic carbocycles. The molecule has 5 nitrogen and oxygen atoms in total. The third-order valence-electron chi connectivity index (χ3n) is 5.76. The van der Waals surface area contributed by atoms with E-state index in [1.807, 2.05) is 18.4 Å². The molecule has 0 saturated carbocycles. The van der Waals surface area contributed by atoms with Gasteiger partial charge in [-0.1, -0.05) is 36.4 Å². The van der Waals surface area contributed by atoms with Gasteiger partial charge in [0.25, 0.3) is 0 Å². The van der Waals surface area contributed by atoms with Crippen LogP contribution in [-0.4, -0.2) is 62.1 Å². The fraction of sp³-hybridized carbons (Fsp3) is 0.522. The topological polar surface area (TPSA) is 42.9 Å². The SMILES string of the molecule is CN=C(NCC(c1cccs1)N(C)C)NC1CCN(Cc2ccccc2)C(C)C1. The Hall–Kier alpha value is -1.89. The normalized spacial score (nSPS) is 21.9. The number of rotatable bonds is 7. The van der Waals surface area contributed by atoms with Crippen molar-refractivity contribution in [3.63, 3.8) is 0 Å². The largest absolute Gasteiger partial charge is 0.354 e. The van der Waals surface area contributed by atoms with Crippen LogP contribution in [0, 0.1) is 0 Å². The van der Waals surface area contributed by atoms with Crippen LogP contribution in [0.1, 0.15) is 36.2 Å². The van der Waals surface area contributed by atoms with Crippen LogP contribution in [-0.2, 0) is 6.54 Å². The molecule has 1 fully saturated rings. The van der Waals surface area contributed by atoms with Crippen molar-refractivity contribution in [1.82, 2.24) is 20.4 Å². The minimum atomic E-state index is 0.347. The number of hydrogen-bond donors (Lipinski definition) is 2. The van der Waals surface area contributed by atoms with E-state index in [4.69, 9.17) is 0 Å². The van der Waals surface area contributed by atoms with E-state index in [9.17, 15) is 0 Å². The number of nitrogens with one attached hydrogen (secondary N) is 2. The second kappa shape index (κ2) is 10.8. The molecule has 1 aliphatic rings. The third kappa shape index (κ3) is 6.29. The highest BCUT2D eigenvalue weighted by atomic mass is 32.1. The number of benzene rings is 1. The maximum atomic E-state index is 4.47. The number of nitrogens with zero attached hydrogens (tertiary/aromatic N) is 3. The summed E-state index contributed by atoms with van der Waals surface area (Å²) >= 11 is 1.81. The Morgan fingerprint density at radius 3 is 2.66 bits per heavy atom. The zero-order valence-electron chi connectivity index (χ0n) is 18.1. The van der Waals surface area contributed by atoms with Gasteiger partial charge in [-0.15, -0.1) is 11.3 Å². The summed E-state index contributed by atoms with van der Waals surface area (Å²) in [6, 6.07) is 16.5. The number of likely N-dealkylation sites (tertiary alicyclic amines) is 1. The van der Waals surface area contributed by atoms with Crippen molar-refractivity contribution >= 4 is 17.3 Å². The van der Waals surface area contributed by atoms with Crippen molar-refractivity contribution in [3.05, 3.63) is 58.3 Å². The molecule has 1 aliphatic heterocycles. The summed E-state index contributed by atoms with van der Waals surface area (Å²) < 4.78 is 0. The molecule has 6 heteroatoms. The molecule has 3 unspecified atom stereocenters. The lowest BCUT2D eigenvalue weighted by Gasteiger charge is -2.38. The maximum Gasteiger partial charge on any atom is 0.191 e. The minimum absolute atomic E-state index is 0.347. The van der Waals surface area contributed by atoms with E-state index < -0.39 is 0 Å². The van der Waals surface area contributed by atoms with E-state index in [1.54, 1.807) is 0 Å². The Balaban J connectivity index is 1.49. The van der Waals surface area contributed by atoms with E-state index in [-0.39, 0.29) is 0 Å². The number of piperidine rings is 1. The number of hydrogen-bond acceptors (Lipinski definition) is 4. The van der Waals surface area contributed by atoms with Crippen molar-refractivity contribution in [1.29, 1.82) is 0 Å². The Kier molecular flexibility index (Phi) is 8.09. The average Bonchev–Trinajstić information content (AvgIpc) is 3.24. The molecule has 1 saturated heterocycles. The van der Waals surface area contributed by atoms with E-state index in [2.05, 4.69) is 94.3 Å². The van der Waals surface area contributed by atoms with Gasteiger partial charge in [-0.25, -0.2) is 0 Å². The number of likely N-dealkylation sites (N-methyl/N-ethyl adjacent to an activating group) is 1. The van der Waals surface area contributed by atoms with Crippen molar-refractivity contribution < 1.29 is 0 Å². The first-order chi connectivity index (χ1) is 14.1. The zero-order valence-corrected chi connectivity index (χ0v) is 19.0. The summed E-state index contributed by atoms with van der Waals surface area (Å²) in [6.45, 7) is 5.33. The van der Waals surface area contributed by atoms with Gasteiger partial charge in [-0.05, 0) is 50.9 Å². The predicted molar refractivity (Wildman–Crippen MR) is 125 cm³/mol. The molecule has 158 valence electrons. The molecule has 3 atom stereocenters. The molecule has 0 radical (unpaired) electrons. The van der Waals surface area contributed by atoms with Crippen molar-refractivity contribution in [2.45, 2.75) is 44.4 Å². The lowest BCUT2D eigenvalue weighted by Crippen LogP contribution is -2.52. The van der Waals surface area contributed by atoms with Crippen molar-refractivity contribution in [3.8, 4) is 0 Å². The fourth-order valence-corrected chi connectivity index (χ4v) is 4.93. The van der Waals surface area contributed by atoms with Gasteiger partial charge in [0.15, 0.2) is 5.96 Å². The first-order valence-corrected chi connectivity index (χ1v) is 11.4. The lowest BCUT2D eigenvalue weighted by molar-refractivity contribution is 0.134. The van der Waals surface area contributed by atoms with Gasteiger partial charge in [0, 0.05) is 43.6 Å². The molecule has 1 aromatic heterocycles. The van der Waals surface area contributed by atoms with Gasteiger partial charge in [0.05, 0.1) is 6.04 Å². The molecule has 0 spiro atoms. The van der Waals surface area contributed by atoms with E-state index in [1.165, 1.54) is 10.4 Å². The van der Waals surface area contributed by atoms with Crippen LogP contribution < -0.4 is 10.6 Å². The van der Waals surface area contributed by atoms with Crippen LogP contribution in [0.25, 0.3) is 0 Å².